The summed E-state index contributed by atoms with van der Waals surface area (Å²) >= 11 is 0. The van der Waals surface area contributed by atoms with Gasteiger partial charge in [0.05, 0.1) is 12.6 Å². The van der Waals surface area contributed by atoms with Gasteiger partial charge in [-0.05, 0) is 0 Å². The smallest absolute Gasteiger partial charge is 0.388 e. The van der Waals surface area contributed by atoms with Crippen molar-refractivity contribution in [1.29, 1.82) is 0 Å². The fraction of sp³-hybridized carbons (Fsp3) is 1.00. The summed E-state index contributed by atoms with van der Waals surface area (Å²) in [7, 11) is -4.68. The van der Waals surface area contributed by atoms with E-state index in [1.807, 2.05) is 0 Å². The molecule has 96 valence electrons. The van der Waals surface area contributed by atoms with E-state index in [9.17, 15) is 23.7 Å². The van der Waals surface area contributed by atoms with Gasteiger partial charge in [-0.1, -0.05) is 0 Å². The predicted octanol–water partition coefficient (Wildman–Crippen LogP) is -3.43. The van der Waals surface area contributed by atoms with Crippen LogP contribution in [0.3, 0.4) is 0 Å². The zero-order valence-corrected chi connectivity index (χ0v) is 8.82. The average molecular weight is 259 g/mol. The molecule has 1 fully saturated rings. The van der Waals surface area contributed by atoms with Crippen molar-refractivity contribution >= 4 is 10.4 Å². The average Bonchev–Trinajstić information content (AvgIpc) is 2.17. The second kappa shape index (κ2) is 4.89. The number of ether oxygens (including phenoxy) is 1. The molecule has 0 aliphatic carbocycles. The lowest BCUT2D eigenvalue weighted by molar-refractivity contribution is -0.247. The van der Waals surface area contributed by atoms with Crippen molar-refractivity contribution in [2.45, 2.75) is 30.6 Å². The first-order valence-electron chi connectivity index (χ1n) is 4.29. The van der Waals surface area contributed by atoms with E-state index in [0.717, 1.165) is 0 Å². The maximum absolute atomic E-state index is 10.3. The Labute approximate surface area is 91.3 Å². The van der Waals surface area contributed by atoms with E-state index in [1.165, 1.54) is 0 Å². The van der Waals surface area contributed by atoms with Crippen LogP contribution in [-0.4, -0.2) is 65.5 Å². The summed E-state index contributed by atoms with van der Waals surface area (Å²) in [4.78, 5) is 0. The Morgan fingerprint density at radius 3 is 2.31 bits per heavy atom. The standard InChI is InChI=1S/C6H13NO8S/c7-3-5(9)4(8)2(15-6(3)10)1-14-16(11,12)13/h2-6,8-10H,1,7H2,(H,11,12,13)/t2-,3+,4-,5-,6?/m1/s1. The number of aliphatic hydroxyl groups excluding tert-OH is 3. The number of rotatable bonds is 3. The molecule has 9 nitrogen and oxygen atoms in total. The van der Waals surface area contributed by atoms with E-state index < -0.39 is 47.6 Å². The Morgan fingerprint density at radius 2 is 1.81 bits per heavy atom. The molecule has 1 aliphatic rings. The molecule has 1 heterocycles. The van der Waals surface area contributed by atoms with E-state index in [0.29, 0.717) is 0 Å². The topological polar surface area (TPSA) is 160 Å². The molecule has 1 saturated heterocycles. The maximum Gasteiger partial charge on any atom is 0.397 e. The van der Waals surface area contributed by atoms with Gasteiger partial charge >= 0.3 is 10.4 Å². The van der Waals surface area contributed by atoms with Crippen LogP contribution in [0.15, 0.2) is 0 Å². The van der Waals surface area contributed by atoms with Crippen molar-refractivity contribution in [2.75, 3.05) is 6.61 Å². The molecule has 0 bridgehead atoms. The first-order valence-corrected chi connectivity index (χ1v) is 5.66. The van der Waals surface area contributed by atoms with E-state index in [-0.39, 0.29) is 0 Å². The quantitative estimate of drug-likeness (QED) is 0.325. The van der Waals surface area contributed by atoms with Crippen molar-refractivity contribution in [1.82, 2.24) is 0 Å². The predicted molar refractivity (Wildman–Crippen MR) is 48.4 cm³/mol. The van der Waals surface area contributed by atoms with Crippen molar-refractivity contribution < 1.29 is 37.2 Å². The molecule has 0 aromatic carbocycles. The van der Waals surface area contributed by atoms with Gasteiger partial charge in [-0.2, -0.15) is 8.42 Å². The molecule has 6 N–H and O–H groups in total. The van der Waals surface area contributed by atoms with Crippen molar-refractivity contribution in [3.05, 3.63) is 0 Å². The number of hydrogen-bond acceptors (Lipinski definition) is 8. The monoisotopic (exact) mass is 259 g/mol. The Morgan fingerprint density at radius 1 is 1.25 bits per heavy atom. The highest BCUT2D eigenvalue weighted by atomic mass is 32.3. The third kappa shape index (κ3) is 3.33. The molecule has 1 unspecified atom stereocenters. The summed E-state index contributed by atoms with van der Waals surface area (Å²) in [5, 5.41) is 27.9. The van der Waals surface area contributed by atoms with Crippen LogP contribution in [-0.2, 0) is 19.3 Å². The third-order valence-electron chi connectivity index (χ3n) is 2.15. The second-order valence-corrected chi connectivity index (χ2v) is 4.43. The lowest BCUT2D eigenvalue weighted by Crippen LogP contribution is -2.62. The molecule has 10 heteroatoms. The van der Waals surface area contributed by atoms with Crippen LogP contribution >= 0.6 is 0 Å². The fourth-order valence-electron chi connectivity index (χ4n) is 1.26. The summed E-state index contributed by atoms with van der Waals surface area (Å²) in [5.41, 5.74) is 5.26. The van der Waals surface area contributed by atoms with Crippen molar-refractivity contribution in [2.24, 2.45) is 5.73 Å². The van der Waals surface area contributed by atoms with Gasteiger partial charge < -0.3 is 25.8 Å². The van der Waals surface area contributed by atoms with Gasteiger partial charge in [0.1, 0.15) is 18.3 Å². The molecular weight excluding hydrogens is 246 g/mol. The molecule has 0 saturated carbocycles. The maximum atomic E-state index is 10.3. The number of aliphatic hydroxyl groups is 3. The van der Waals surface area contributed by atoms with Crippen LogP contribution in [0.4, 0.5) is 0 Å². The highest BCUT2D eigenvalue weighted by Crippen LogP contribution is 2.19. The lowest BCUT2D eigenvalue weighted by atomic mass is 9.98. The van der Waals surface area contributed by atoms with E-state index in [1.54, 1.807) is 0 Å². The van der Waals surface area contributed by atoms with Crippen LogP contribution in [0, 0.1) is 0 Å². The highest BCUT2D eigenvalue weighted by Gasteiger charge is 2.42. The summed E-state index contributed by atoms with van der Waals surface area (Å²) in [6.45, 7) is -0.749. The minimum absolute atomic E-state index is 0.749. The molecule has 16 heavy (non-hydrogen) atoms. The van der Waals surface area contributed by atoms with Gasteiger partial charge in [0.2, 0.25) is 0 Å². The molecule has 0 aromatic heterocycles. The molecule has 0 amide bonds. The Balaban J connectivity index is 2.61. The van der Waals surface area contributed by atoms with Crippen LogP contribution in [0.1, 0.15) is 0 Å². The lowest BCUT2D eigenvalue weighted by Gasteiger charge is -2.38. The summed E-state index contributed by atoms with van der Waals surface area (Å²) < 4.78 is 37.4. The van der Waals surface area contributed by atoms with Gasteiger partial charge in [-0.3, -0.25) is 4.55 Å². The van der Waals surface area contributed by atoms with Gasteiger partial charge in [0.25, 0.3) is 0 Å². The van der Waals surface area contributed by atoms with Crippen LogP contribution in [0.5, 0.6) is 0 Å². The molecule has 1 aliphatic heterocycles. The minimum atomic E-state index is -4.68. The molecule has 0 radical (unpaired) electrons. The normalized spacial score (nSPS) is 40.9. The Kier molecular flexibility index (Phi) is 4.20. The van der Waals surface area contributed by atoms with E-state index in [4.69, 9.17) is 15.0 Å². The zero-order chi connectivity index (χ0) is 12.5. The van der Waals surface area contributed by atoms with E-state index >= 15 is 0 Å². The van der Waals surface area contributed by atoms with Gasteiger partial charge in [-0.15, -0.1) is 0 Å². The highest BCUT2D eigenvalue weighted by molar-refractivity contribution is 7.80. The Hall–Kier alpha value is -0.330. The number of nitrogens with two attached hydrogens (primary N) is 1. The largest absolute Gasteiger partial charge is 0.397 e. The third-order valence-corrected chi connectivity index (χ3v) is 2.58. The van der Waals surface area contributed by atoms with Gasteiger partial charge in [0, 0.05) is 0 Å². The minimum Gasteiger partial charge on any atom is -0.388 e. The molecule has 0 spiro atoms. The molecular formula is C6H13NO8S. The summed E-state index contributed by atoms with van der Waals surface area (Å²) in [6, 6.07) is -1.21. The first kappa shape index (κ1) is 13.7. The van der Waals surface area contributed by atoms with E-state index in [2.05, 4.69) is 4.18 Å². The first-order chi connectivity index (χ1) is 7.22. The van der Waals surface area contributed by atoms with Gasteiger partial charge in [-0.25, -0.2) is 4.18 Å². The summed E-state index contributed by atoms with van der Waals surface area (Å²) in [5.74, 6) is 0. The fourth-order valence-corrected chi connectivity index (χ4v) is 1.56. The Bertz CT molecular complexity index is 331. The molecule has 1 rings (SSSR count). The SMILES string of the molecule is N[C@@H]1C(O)O[C@H](COS(=O)(=O)O)[C@@H](O)[C@@H]1O. The molecule has 0 aromatic rings. The van der Waals surface area contributed by atoms with Crippen molar-refractivity contribution in [3.63, 3.8) is 0 Å². The van der Waals surface area contributed by atoms with Crippen molar-refractivity contribution in [3.8, 4) is 0 Å². The zero-order valence-electron chi connectivity index (χ0n) is 8.00. The molecule has 5 atom stereocenters. The second-order valence-electron chi connectivity index (χ2n) is 3.34. The summed E-state index contributed by atoms with van der Waals surface area (Å²) in [6.07, 6.45) is -5.89. The van der Waals surface area contributed by atoms with Crippen LogP contribution in [0.2, 0.25) is 0 Å². The van der Waals surface area contributed by atoms with Crippen LogP contribution < -0.4 is 5.73 Å². The van der Waals surface area contributed by atoms with Crippen LogP contribution in [0.25, 0.3) is 0 Å². The van der Waals surface area contributed by atoms with Gasteiger partial charge in [0.15, 0.2) is 6.29 Å². The number of hydrogen-bond donors (Lipinski definition) is 5.